The van der Waals surface area contributed by atoms with Crippen LogP contribution in [-0.4, -0.2) is 54.5 Å². The predicted molar refractivity (Wildman–Crippen MR) is 200 cm³/mol. The number of rotatable bonds is 12. The molecular weight excluding hydrogens is 649 g/mol. The van der Waals surface area contributed by atoms with Crippen LogP contribution in [-0.2, 0) is 4.74 Å². The average molecular weight is 685 g/mol. The molecule has 1 N–H and O–H groups in total. The van der Waals surface area contributed by atoms with Crippen molar-refractivity contribution in [1.29, 1.82) is 26.5 Å². The predicted octanol–water partition coefficient (Wildman–Crippen LogP) is 8.07. The number of allylic oxidation sites excluding steroid dienone is 14. The third kappa shape index (κ3) is 10.3. The summed E-state index contributed by atoms with van der Waals surface area (Å²) in [6.45, 7) is 13.5. The van der Waals surface area contributed by atoms with Gasteiger partial charge in [0.2, 0.25) is 0 Å². The van der Waals surface area contributed by atoms with Gasteiger partial charge in [-0.3, -0.25) is 5.41 Å². The molecule has 1 saturated heterocycles. The molecule has 1 heterocycles. The Balaban J connectivity index is 2.11. The van der Waals surface area contributed by atoms with Gasteiger partial charge < -0.3 is 14.5 Å². The first-order chi connectivity index (χ1) is 25.4. The maximum atomic E-state index is 12.4. The van der Waals surface area contributed by atoms with Crippen LogP contribution in [0.15, 0.2) is 137 Å². The highest BCUT2D eigenvalue weighted by Crippen LogP contribution is 2.28. The maximum Gasteiger partial charge on any atom is 0.409 e. The van der Waals surface area contributed by atoms with E-state index >= 15 is 0 Å². The summed E-state index contributed by atoms with van der Waals surface area (Å²) in [5.74, 6) is 2.15. The Labute approximate surface area is 305 Å². The van der Waals surface area contributed by atoms with Crippen LogP contribution in [0.4, 0.5) is 4.79 Å². The molecule has 1 aliphatic heterocycles. The van der Waals surface area contributed by atoms with Gasteiger partial charge in [0.05, 0.1) is 42.5 Å². The largest absolute Gasteiger partial charge is 0.450 e. The van der Waals surface area contributed by atoms with Gasteiger partial charge in [-0.2, -0.15) is 15.8 Å². The van der Waals surface area contributed by atoms with Crippen molar-refractivity contribution >= 4 is 23.1 Å². The number of nitrogens with zero attached hydrogens (tertiary/aromatic N) is 7. The van der Waals surface area contributed by atoms with E-state index in [-0.39, 0.29) is 40.7 Å². The summed E-state index contributed by atoms with van der Waals surface area (Å²) < 4.78 is 5.19. The quantitative estimate of drug-likeness (QED) is 0.103. The van der Waals surface area contributed by atoms with E-state index in [2.05, 4.69) is 27.8 Å². The van der Waals surface area contributed by atoms with Crippen molar-refractivity contribution in [2.24, 2.45) is 0 Å². The number of carbonyl (C=O) groups is 1. The SMILES string of the molecule is [C-]#[N+]/C(C#N)=C(/C(C#N)=C/C=C/C=C(/C(=C/C=C/C(C#N)=C(/C(=C=N)C#N)c1ccccc1)CC)N1CCN(C(=O)OCC)CC1)c1ccccc1. The smallest absolute Gasteiger partial charge is 0.409 e. The number of ether oxygens (including phenoxy) is 1. The molecule has 0 radical (unpaired) electrons. The lowest BCUT2D eigenvalue weighted by Crippen LogP contribution is -2.48. The molecule has 2 aromatic carbocycles. The minimum absolute atomic E-state index is 0.0642. The van der Waals surface area contributed by atoms with Gasteiger partial charge >= 0.3 is 6.09 Å². The summed E-state index contributed by atoms with van der Waals surface area (Å²) in [5, 5.41) is 47.1. The van der Waals surface area contributed by atoms with Crippen LogP contribution >= 0.6 is 0 Å². The van der Waals surface area contributed by atoms with E-state index in [1.165, 1.54) is 0 Å². The number of carbonyl (C=O) groups excluding carboxylic acids is 1. The van der Waals surface area contributed by atoms with Crippen molar-refractivity contribution in [3.05, 3.63) is 159 Å². The van der Waals surface area contributed by atoms with E-state index in [1.807, 2.05) is 43.3 Å². The van der Waals surface area contributed by atoms with E-state index < -0.39 is 0 Å². The Morgan fingerprint density at radius 2 is 1.40 bits per heavy atom. The number of piperazine rings is 1. The summed E-state index contributed by atoms with van der Waals surface area (Å²) in [7, 11) is 0. The molecule has 1 fully saturated rings. The number of benzene rings is 2. The first-order valence-corrected chi connectivity index (χ1v) is 16.4. The van der Waals surface area contributed by atoms with Crippen molar-refractivity contribution in [3.63, 3.8) is 0 Å². The molecule has 0 bridgehead atoms. The molecule has 3 rings (SSSR count). The van der Waals surface area contributed by atoms with Gasteiger partial charge in [-0.15, -0.1) is 0 Å². The van der Waals surface area contributed by atoms with Gasteiger partial charge in [-0.25, -0.2) is 14.9 Å². The van der Waals surface area contributed by atoms with Gasteiger partial charge in [0.25, 0.3) is 5.70 Å². The normalized spacial score (nSPS) is 14.5. The fraction of sp³-hybridized carbons (Fsp3) is 0.190. The minimum atomic E-state index is -0.366. The van der Waals surface area contributed by atoms with Gasteiger partial charge in [0, 0.05) is 43.0 Å². The van der Waals surface area contributed by atoms with Crippen molar-refractivity contribution in [2.75, 3.05) is 32.8 Å². The Kier molecular flexibility index (Phi) is 15.6. The summed E-state index contributed by atoms with van der Waals surface area (Å²) >= 11 is 0. The van der Waals surface area contributed by atoms with Crippen LogP contribution in [0.1, 0.15) is 31.4 Å². The number of amides is 1. The lowest BCUT2D eigenvalue weighted by molar-refractivity contribution is 0.0872. The summed E-state index contributed by atoms with van der Waals surface area (Å²) in [6, 6.07) is 25.9. The van der Waals surface area contributed by atoms with Crippen LogP contribution in [0.3, 0.4) is 0 Å². The van der Waals surface area contributed by atoms with Crippen molar-refractivity contribution < 1.29 is 9.53 Å². The molecule has 0 atom stereocenters. The zero-order valence-corrected chi connectivity index (χ0v) is 29.0. The number of nitrogens with one attached hydrogen (secondary N) is 1. The molecule has 0 spiro atoms. The molecule has 2 aromatic rings. The fourth-order valence-corrected chi connectivity index (χ4v) is 5.40. The Hall–Kier alpha value is -7.41. The molecule has 0 aromatic heterocycles. The summed E-state index contributed by atoms with van der Waals surface area (Å²) in [5.41, 5.74) is 3.58. The topological polar surface area (TPSA) is 156 Å². The highest BCUT2D eigenvalue weighted by atomic mass is 16.6. The van der Waals surface area contributed by atoms with Crippen LogP contribution in [0.5, 0.6) is 0 Å². The molecule has 1 aliphatic rings. The highest BCUT2D eigenvalue weighted by molar-refractivity contribution is 5.95. The van der Waals surface area contributed by atoms with Gasteiger partial charge in [0.15, 0.2) is 0 Å². The van der Waals surface area contributed by atoms with E-state index in [0.717, 1.165) is 11.3 Å². The zero-order valence-electron chi connectivity index (χ0n) is 29.0. The van der Waals surface area contributed by atoms with Gasteiger partial charge in [-0.1, -0.05) is 91.9 Å². The van der Waals surface area contributed by atoms with E-state index in [1.54, 1.807) is 90.7 Å². The van der Waals surface area contributed by atoms with E-state index in [0.29, 0.717) is 49.3 Å². The van der Waals surface area contributed by atoms with Crippen LogP contribution < -0.4 is 0 Å². The second-order valence-electron chi connectivity index (χ2n) is 10.9. The molecule has 1 amide bonds. The first kappa shape index (κ1) is 39.0. The lowest BCUT2D eigenvalue weighted by Gasteiger charge is -2.37. The third-order valence-corrected chi connectivity index (χ3v) is 7.89. The molecule has 0 unspecified atom stereocenters. The molecule has 0 aliphatic carbocycles. The zero-order chi connectivity index (χ0) is 37.7. The third-order valence-electron chi connectivity index (χ3n) is 7.89. The number of hydrogen-bond acceptors (Lipinski definition) is 8. The van der Waals surface area contributed by atoms with Crippen molar-refractivity contribution in [2.45, 2.75) is 20.3 Å². The monoisotopic (exact) mass is 684 g/mol. The van der Waals surface area contributed by atoms with Crippen LogP contribution in [0.25, 0.3) is 16.0 Å². The van der Waals surface area contributed by atoms with Crippen molar-refractivity contribution in [1.82, 2.24) is 9.80 Å². The molecular formula is C42H36N8O2. The summed E-state index contributed by atoms with van der Waals surface area (Å²) in [4.78, 5) is 19.6. The van der Waals surface area contributed by atoms with Crippen molar-refractivity contribution in [3.8, 4) is 24.3 Å². The Morgan fingerprint density at radius 3 is 1.90 bits per heavy atom. The van der Waals surface area contributed by atoms with E-state index in [9.17, 15) is 25.8 Å². The standard InChI is InChI=1S/C42H36N8O2/c1-4-32(20-14-21-35(27-43)40(37(29-45)30-46)33-15-8-6-9-16-33)39(49-23-25-50(26-24-49)42(51)52-5-2)22-13-12-19-36(28-44)41(38(31-47)48-3)34-17-10-7-11-18-34/h6-22,45H,4-5,23-26H2,1-2H3/b13-12+,21-14+,32-20+,36-19+,39-22-,40-35-,41-38+. The molecule has 52 heavy (non-hydrogen) atoms. The second kappa shape index (κ2) is 20.8. The first-order valence-electron chi connectivity index (χ1n) is 16.4. The maximum absolute atomic E-state index is 12.4. The number of nitriles is 4. The highest BCUT2D eigenvalue weighted by Gasteiger charge is 2.24. The van der Waals surface area contributed by atoms with Gasteiger partial charge in [-0.05, 0) is 54.1 Å². The molecule has 10 heteroatoms. The molecule has 0 saturated carbocycles. The number of hydrogen-bond donors (Lipinski definition) is 1. The van der Waals surface area contributed by atoms with Crippen LogP contribution in [0.2, 0.25) is 0 Å². The second-order valence-corrected chi connectivity index (χ2v) is 10.9. The van der Waals surface area contributed by atoms with Crippen LogP contribution in [0, 0.1) is 57.3 Å². The molecule has 256 valence electrons. The Bertz CT molecular complexity index is 2090. The lowest BCUT2D eigenvalue weighted by atomic mass is 9.94. The average Bonchev–Trinajstić information content (AvgIpc) is 3.19. The fourth-order valence-electron chi connectivity index (χ4n) is 5.40. The minimum Gasteiger partial charge on any atom is -0.450 e. The van der Waals surface area contributed by atoms with Gasteiger partial charge in [0.1, 0.15) is 11.6 Å². The van der Waals surface area contributed by atoms with E-state index in [4.69, 9.17) is 16.7 Å². The Morgan fingerprint density at radius 1 is 0.808 bits per heavy atom. The molecule has 10 nitrogen and oxygen atoms in total. The summed E-state index contributed by atoms with van der Waals surface area (Å²) in [6.07, 6.45) is 12.3.